The van der Waals surface area contributed by atoms with Gasteiger partial charge in [0, 0.05) is 43.7 Å². The van der Waals surface area contributed by atoms with Crippen molar-refractivity contribution in [3.8, 4) is 0 Å². The van der Waals surface area contributed by atoms with Crippen molar-refractivity contribution in [3.05, 3.63) is 87.9 Å². The highest BCUT2D eigenvalue weighted by atomic mass is 32.1. The smallest absolute Gasteiger partial charge is 0.254 e. The topological polar surface area (TPSA) is 43.9 Å². The highest BCUT2D eigenvalue weighted by Gasteiger charge is 2.44. The standard InChI is InChI=1S/C25H24FN3O2S/c1-27-23(21-11-6-16-32-21)22(17-7-2-3-8-18(17)24(27)30)25(31)29-14-12-28(13-15-29)20-10-5-4-9-19(20)26/h2-11,16,22-23H,12-15H2,1H3/t22-,23-/m0/s1. The molecule has 2 aromatic carbocycles. The Kier molecular flexibility index (Phi) is 5.43. The molecular formula is C25H24FN3O2S. The van der Waals surface area contributed by atoms with Gasteiger partial charge in [0.2, 0.25) is 5.91 Å². The van der Waals surface area contributed by atoms with Crippen molar-refractivity contribution in [2.45, 2.75) is 12.0 Å². The number of nitrogens with zero attached hydrogens (tertiary/aromatic N) is 3. The Balaban J connectivity index is 1.44. The molecule has 164 valence electrons. The number of hydrogen-bond acceptors (Lipinski definition) is 4. The third-order valence-corrected chi connectivity index (χ3v) is 7.41. The van der Waals surface area contributed by atoms with Gasteiger partial charge in [0.15, 0.2) is 0 Å². The van der Waals surface area contributed by atoms with Gasteiger partial charge in [0.25, 0.3) is 5.91 Å². The molecule has 3 heterocycles. The van der Waals surface area contributed by atoms with Crippen LogP contribution in [0.5, 0.6) is 0 Å². The van der Waals surface area contributed by atoms with E-state index in [0.29, 0.717) is 37.4 Å². The van der Waals surface area contributed by atoms with Crippen molar-refractivity contribution in [3.63, 3.8) is 0 Å². The first kappa shape index (κ1) is 20.7. The number of anilines is 1. The number of para-hydroxylation sites is 1. The molecule has 0 bridgehead atoms. The number of benzene rings is 2. The number of fused-ring (bicyclic) bond motifs is 1. The zero-order valence-corrected chi connectivity index (χ0v) is 18.6. The number of halogens is 1. The Morgan fingerprint density at radius 3 is 2.41 bits per heavy atom. The van der Waals surface area contributed by atoms with Gasteiger partial charge in [0.1, 0.15) is 5.82 Å². The maximum Gasteiger partial charge on any atom is 0.254 e. The number of rotatable bonds is 3. The molecule has 2 aliphatic heterocycles. The highest BCUT2D eigenvalue weighted by Crippen LogP contribution is 2.44. The van der Waals surface area contributed by atoms with E-state index in [2.05, 4.69) is 0 Å². The largest absolute Gasteiger partial charge is 0.366 e. The van der Waals surface area contributed by atoms with Crippen LogP contribution in [0.3, 0.4) is 0 Å². The summed E-state index contributed by atoms with van der Waals surface area (Å²) in [5.41, 5.74) is 1.95. The molecule has 2 atom stereocenters. The van der Waals surface area contributed by atoms with Crippen LogP contribution in [-0.2, 0) is 4.79 Å². The fraction of sp³-hybridized carbons (Fsp3) is 0.280. The van der Waals surface area contributed by atoms with Crippen LogP contribution in [0.25, 0.3) is 0 Å². The van der Waals surface area contributed by atoms with Gasteiger partial charge in [-0.05, 0) is 35.2 Å². The monoisotopic (exact) mass is 449 g/mol. The Hall–Kier alpha value is -3.19. The molecular weight excluding hydrogens is 425 g/mol. The second-order valence-electron chi connectivity index (χ2n) is 8.20. The summed E-state index contributed by atoms with van der Waals surface area (Å²) in [6.45, 7) is 2.17. The fourth-order valence-electron chi connectivity index (χ4n) is 4.83. The lowest BCUT2D eigenvalue weighted by molar-refractivity contribution is -0.134. The molecule has 0 spiro atoms. The van der Waals surface area contributed by atoms with Gasteiger partial charge in [-0.1, -0.05) is 36.4 Å². The van der Waals surface area contributed by atoms with Crippen molar-refractivity contribution in [1.82, 2.24) is 9.80 Å². The molecule has 5 nitrogen and oxygen atoms in total. The SMILES string of the molecule is CN1C(=O)c2ccccc2[C@H](C(=O)N2CCN(c3ccccc3F)CC2)[C@@H]1c1cccs1. The van der Waals surface area contributed by atoms with Gasteiger partial charge in [-0.15, -0.1) is 11.3 Å². The summed E-state index contributed by atoms with van der Waals surface area (Å²) in [5, 5.41) is 1.98. The van der Waals surface area contributed by atoms with Crippen molar-refractivity contribution in [2.24, 2.45) is 0 Å². The first-order chi connectivity index (χ1) is 15.6. The molecule has 1 aromatic heterocycles. The lowest BCUT2D eigenvalue weighted by atomic mass is 9.81. The molecule has 5 rings (SSSR count). The van der Waals surface area contributed by atoms with Crippen LogP contribution in [-0.4, -0.2) is 54.8 Å². The lowest BCUT2D eigenvalue weighted by Crippen LogP contribution is -2.53. The Morgan fingerprint density at radius 2 is 1.69 bits per heavy atom. The van der Waals surface area contributed by atoms with Crippen LogP contribution in [0.4, 0.5) is 10.1 Å². The van der Waals surface area contributed by atoms with Crippen molar-refractivity contribution in [1.29, 1.82) is 0 Å². The predicted octanol–water partition coefficient (Wildman–Crippen LogP) is 4.15. The summed E-state index contributed by atoms with van der Waals surface area (Å²) >= 11 is 1.56. The number of carbonyl (C=O) groups excluding carboxylic acids is 2. The van der Waals surface area contributed by atoms with Crippen molar-refractivity contribution in [2.75, 3.05) is 38.1 Å². The molecule has 2 aliphatic rings. The van der Waals surface area contributed by atoms with Gasteiger partial charge in [-0.2, -0.15) is 0 Å². The van der Waals surface area contributed by atoms with E-state index in [1.807, 2.05) is 51.6 Å². The van der Waals surface area contributed by atoms with Gasteiger partial charge in [0.05, 0.1) is 17.6 Å². The maximum atomic E-state index is 14.2. The fourth-order valence-corrected chi connectivity index (χ4v) is 5.73. The third-order valence-electron chi connectivity index (χ3n) is 6.46. The first-order valence-electron chi connectivity index (χ1n) is 10.7. The number of hydrogen-bond donors (Lipinski definition) is 0. The second kappa shape index (κ2) is 8.39. The van der Waals surface area contributed by atoms with Gasteiger partial charge < -0.3 is 14.7 Å². The zero-order valence-electron chi connectivity index (χ0n) is 17.8. The molecule has 0 unspecified atom stereocenters. The van der Waals surface area contributed by atoms with Crippen molar-refractivity contribution >= 4 is 28.8 Å². The zero-order chi connectivity index (χ0) is 22.2. The first-order valence-corrected chi connectivity index (χ1v) is 11.6. The minimum Gasteiger partial charge on any atom is -0.366 e. The summed E-state index contributed by atoms with van der Waals surface area (Å²) < 4.78 is 14.2. The summed E-state index contributed by atoms with van der Waals surface area (Å²) in [6.07, 6.45) is 0. The van der Waals surface area contributed by atoms with Crippen LogP contribution in [0.15, 0.2) is 66.0 Å². The molecule has 0 N–H and O–H groups in total. The molecule has 1 saturated heterocycles. The molecule has 0 radical (unpaired) electrons. The predicted molar refractivity (Wildman–Crippen MR) is 124 cm³/mol. The van der Waals surface area contributed by atoms with E-state index in [-0.39, 0.29) is 23.7 Å². The summed E-state index contributed by atoms with van der Waals surface area (Å²) in [4.78, 5) is 33.5. The number of amides is 2. The number of thiophene rings is 1. The van der Waals surface area contributed by atoms with E-state index in [1.54, 1.807) is 41.5 Å². The molecule has 2 amide bonds. The van der Waals surface area contributed by atoms with Crippen LogP contribution < -0.4 is 4.90 Å². The number of piperazine rings is 1. The van der Waals surface area contributed by atoms with Crippen LogP contribution >= 0.6 is 11.3 Å². The van der Waals surface area contributed by atoms with Crippen molar-refractivity contribution < 1.29 is 14.0 Å². The Labute approximate surface area is 190 Å². The van der Waals surface area contributed by atoms with E-state index in [1.165, 1.54) is 6.07 Å². The number of carbonyl (C=O) groups is 2. The third kappa shape index (κ3) is 3.46. The highest BCUT2D eigenvalue weighted by molar-refractivity contribution is 7.10. The molecule has 1 fully saturated rings. The minimum atomic E-state index is -0.465. The number of likely N-dealkylation sites (N-methyl/N-ethyl adjacent to an activating group) is 1. The normalized spacial score (nSPS) is 20.9. The summed E-state index contributed by atoms with van der Waals surface area (Å²) in [5.74, 6) is -0.755. The Morgan fingerprint density at radius 1 is 0.969 bits per heavy atom. The van der Waals surface area contributed by atoms with Gasteiger partial charge >= 0.3 is 0 Å². The molecule has 0 saturated carbocycles. The molecule has 7 heteroatoms. The minimum absolute atomic E-state index is 0.0170. The van der Waals surface area contributed by atoms with E-state index in [0.717, 1.165) is 10.4 Å². The van der Waals surface area contributed by atoms with E-state index in [9.17, 15) is 14.0 Å². The maximum absolute atomic E-state index is 14.2. The van der Waals surface area contributed by atoms with E-state index >= 15 is 0 Å². The summed E-state index contributed by atoms with van der Waals surface area (Å²) in [6, 6.07) is 17.8. The Bertz CT molecular complexity index is 1140. The molecule has 32 heavy (non-hydrogen) atoms. The molecule has 0 aliphatic carbocycles. The van der Waals surface area contributed by atoms with Crippen LogP contribution in [0, 0.1) is 5.82 Å². The van der Waals surface area contributed by atoms with Crippen LogP contribution in [0.2, 0.25) is 0 Å². The van der Waals surface area contributed by atoms with E-state index < -0.39 is 5.92 Å². The second-order valence-corrected chi connectivity index (χ2v) is 9.18. The summed E-state index contributed by atoms with van der Waals surface area (Å²) in [7, 11) is 1.78. The quantitative estimate of drug-likeness (QED) is 0.604. The van der Waals surface area contributed by atoms with Gasteiger partial charge in [-0.3, -0.25) is 9.59 Å². The molecule has 3 aromatic rings. The average Bonchev–Trinajstić information content (AvgIpc) is 3.36. The van der Waals surface area contributed by atoms with Crippen LogP contribution in [0.1, 0.15) is 32.8 Å². The average molecular weight is 450 g/mol. The van der Waals surface area contributed by atoms with Gasteiger partial charge in [-0.25, -0.2) is 4.39 Å². The lowest BCUT2D eigenvalue weighted by Gasteiger charge is -2.43. The van der Waals surface area contributed by atoms with E-state index in [4.69, 9.17) is 0 Å².